The third-order valence-electron chi connectivity index (χ3n) is 3.19. The maximum atomic E-state index is 5.19. The summed E-state index contributed by atoms with van der Waals surface area (Å²) >= 11 is 1.74. The van der Waals surface area contributed by atoms with Gasteiger partial charge in [0.05, 0.1) is 12.8 Å². The Morgan fingerprint density at radius 1 is 1.30 bits per heavy atom. The van der Waals surface area contributed by atoms with Gasteiger partial charge in [0, 0.05) is 24.2 Å². The van der Waals surface area contributed by atoms with E-state index in [-0.39, 0.29) is 0 Å². The van der Waals surface area contributed by atoms with Crippen LogP contribution < -0.4 is 15.0 Å². The van der Waals surface area contributed by atoms with Gasteiger partial charge >= 0.3 is 0 Å². The highest BCUT2D eigenvalue weighted by Crippen LogP contribution is 2.31. The average molecular weight is 291 g/mol. The zero-order valence-electron chi connectivity index (χ0n) is 12.4. The number of anilines is 2. The second kappa shape index (κ2) is 6.72. The van der Waals surface area contributed by atoms with Gasteiger partial charge in [-0.05, 0) is 37.7 Å². The van der Waals surface area contributed by atoms with E-state index in [9.17, 15) is 0 Å². The normalized spacial score (nSPS) is 10.6. The number of thiazole rings is 1. The van der Waals surface area contributed by atoms with E-state index >= 15 is 0 Å². The lowest BCUT2D eigenvalue weighted by molar-refractivity contribution is 0.415. The van der Waals surface area contributed by atoms with Gasteiger partial charge in [-0.2, -0.15) is 0 Å². The van der Waals surface area contributed by atoms with Crippen LogP contribution >= 0.6 is 11.3 Å². The Morgan fingerprint density at radius 3 is 2.55 bits per heavy atom. The smallest absolute Gasteiger partial charge is 0.190 e. The molecule has 1 aromatic heterocycles. The van der Waals surface area contributed by atoms with Gasteiger partial charge in [-0.15, -0.1) is 0 Å². The summed E-state index contributed by atoms with van der Waals surface area (Å²) < 4.78 is 5.19. The quantitative estimate of drug-likeness (QED) is 0.887. The molecule has 0 bridgehead atoms. The zero-order valence-corrected chi connectivity index (χ0v) is 13.3. The summed E-state index contributed by atoms with van der Waals surface area (Å²) in [5, 5.41) is 4.23. The van der Waals surface area contributed by atoms with Crippen LogP contribution in [0, 0.1) is 0 Å². The third-order valence-corrected chi connectivity index (χ3v) is 4.36. The number of aryl methyl sites for hydroxylation is 1. The summed E-state index contributed by atoms with van der Waals surface area (Å²) in [6, 6.07) is 8.02. The zero-order chi connectivity index (χ0) is 14.5. The second-order valence-electron chi connectivity index (χ2n) is 4.51. The number of benzene rings is 1. The molecule has 0 aliphatic rings. The Kier molecular flexibility index (Phi) is 4.98. The third kappa shape index (κ3) is 3.11. The van der Waals surface area contributed by atoms with Crippen molar-refractivity contribution in [1.29, 1.82) is 0 Å². The van der Waals surface area contributed by atoms with Crippen molar-refractivity contribution in [2.75, 3.05) is 26.1 Å². The molecule has 2 aromatic rings. The van der Waals surface area contributed by atoms with Crippen molar-refractivity contribution in [3.8, 4) is 5.75 Å². The SMILES string of the molecule is CCc1nc(N(C)c2ccc(OC)cc2)sc1CNC. The van der Waals surface area contributed by atoms with Gasteiger partial charge in [0.1, 0.15) is 5.75 Å². The van der Waals surface area contributed by atoms with E-state index in [0.29, 0.717) is 0 Å². The summed E-state index contributed by atoms with van der Waals surface area (Å²) in [5.41, 5.74) is 2.29. The maximum Gasteiger partial charge on any atom is 0.190 e. The Balaban J connectivity index is 2.25. The standard InChI is InChI=1S/C15H21N3OS/c1-5-13-14(10-16-2)20-15(17-13)18(3)11-6-8-12(19-4)9-7-11/h6-9,16H,5,10H2,1-4H3. The summed E-state index contributed by atoms with van der Waals surface area (Å²) in [7, 11) is 5.69. The molecular weight excluding hydrogens is 270 g/mol. The molecular formula is C15H21N3OS. The fourth-order valence-electron chi connectivity index (χ4n) is 2.00. The van der Waals surface area contributed by atoms with E-state index in [4.69, 9.17) is 9.72 Å². The number of hydrogen-bond donors (Lipinski definition) is 1. The molecule has 0 aliphatic heterocycles. The van der Waals surface area contributed by atoms with E-state index in [0.717, 1.165) is 29.5 Å². The number of ether oxygens (including phenoxy) is 1. The average Bonchev–Trinajstić information content (AvgIpc) is 2.90. The molecule has 4 nitrogen and oxygen atoms in total. The minimum atomic E-state index is 0.867. The van der Waals surface area contributed by atoms with Gasteiger partial charge in [-0.1, -0.05) is 18.3 Å². The molecule has 0 amide bonds. The summed E-state index contributed by atoms with van der Waals surface area (Å²) in [5.74, 6) is 0.867. The molecule has 20 heavy (non-hydrogen) atoms. The number of hydrogen-bond acceptors (Lipinski definition) is 5. The molecule has 1 N–H and O–H groups in total. The summed E-state index contributed by atoms with van der Waals surface area (Å²) in [6.45, 7) is 3.02. The molecule has 0 spiro atoms. The Hall–Kier alpha value is -1.59. The first kappa shape index (κ1) is 14.8. The fourth-order valence-corrected chi connectivity index (χ4v) is 3.15. The molecule has 1 aromatic carbocycles. The van der Waals surface area contributed by atoms with Crippen LogP contribution in [0.15, 0.2) is 24.3 Å². The largest absolute Gasteiger partial charge is 0.497 e. The van der Waals surface area contributed by atoms with Crippen molar-refractivity contribution in [3.63, 3.8) is 0 Å². The predicted octanol–water partition coefficient (Wildman–Crippen LogP) is 3.20. The molecule has 2 rings (SSSR count). The highest BCUT2D eigenvalue weighted by atomic mass is 32.1. The molecule has 0 unspecified atom stereocenters. The second-order valence-corrected chi connectivity index (χ2v) is 5.57. The molecule has 0 saturated heterocycles. The van der Waals surface area contributed by atoms with Crippen LogP contribution in [-0.4, -0.2) is 26.2 Å². The number of aromatic nitrogens is 1. The lowest BCUT2D eigenvalue weighted by Crippen LogP contribution is -2.08. The van der Waals surface area contributed by atoms with Crippen LogP contribution in [0.25, 0.3) is 0 Å². The van der Waals surface area contributed by atoms with E-state index in [1.54, 1.807) is 18.4 Å². The maximum absolute atomic E-state index is 5.19. The molecule has 5 heteroatoms. The number of nitrogens with one attached hydrogen (secondary N) is 1. The van der Waals surface area contributed by atoms with Gasteiger partial charge < -0.3 is 15.0 Å². The Bertz CT molecular complexity index is 551. The van der Waals surface area contributed by atoms with Gasteiger partial charge in [-0.3, -0.25) is 0 Å². The highest BCUT2D eigenvalue weighted by molar-refractivity contribution is 7.15. The highest BCUT2D eigenvalue weighted by Gasteiger charge is 2.13. The lowest BCUT2D eigenvalue weighted by Gasteiger charge is -2.16. The molecule has 0 atom stereocenters. The molecule has 0 radical (unpaired) electrons. The molecule has 0 aliphatic carbocycles. The number of methoxy groups -OCH3 is 1. The molecule has 108 valence electrons. The van der Waals surface area contributed by atoms with E-state index < -0.39 is 0 Å². The van der Waals surface area contributed by atoms with Crippen LogP contribution in [0.3, 0.4) is 0 Å². The minimum absolute atomic E-state index is 0.867. The van der Waals surface area contributed by atoms with Crippen LogP contribution in [0.5, 0.6) is 5.75 Å². The topological polar surface area (TPSA) is 37.4 Å². The van der Waals surface area contributed by atoms with Gasteiger partial charge in [0.15, 0.2) is 5.13 Å². The first-order valence-corrected chi connectivity index (χ1v) is 7.52. The molecule has 0 fully saturated rings. The molecule has 1 heterocycles. The van der Waals surface area contributed by atoms with Crippen molar-refractivity contribution in [2.24, 2.45) is 0 Å². The van der Waals surface area contributed by atoms with Crippen LogP contribution in [0.1, 0.15) is 17.5 Å². The van der Waals surface area contributed by atoms with E-state index in [1.165, 1.54) is 10.6 Å². The van der Waals surface area contributed by atoms with Crippen molar-refractivity contribution in [3.05, 3.63) is 34.8 Å². The minimum Gasteiger partial charge on any atom is -0.497 e. The Labute approximate surface area is 124 Å². The van der Waals surface area contributed by atoms with Crippen LogP contribution in [0.2, 0.25) is 0 Å². The van der Waals surface area contributed by atoms with Gasteiger partial charge in [0.25, 0.3) is 0 Å². The van der Waals surface area contributed by atoms with Gasteiger partial charge in [-0.25, -0.2) is 4.98 Å². The van der Waals surface area contributed by atoms with Crippen molar-refractivity contribution in [2.45, 2.75) is 19.9 Å². The summed E-state index contributed by atoms with van der Waals surface area (Å²) in [6.07, 6.45) is 0.962. The van der Waals surface area contributed by atoms with Crippen molar-refractivity contribution in [1.82, 2.24) is 10.3 Å². The molecule has 0 saturated carbocycles. The van der Waals surface area contributed by atoms with E-state index in [1.807, 2.05) is 38.4 Å². The van der Waals surface area contributed by atoms with Crippen molar-refractivity contribution >= 4 is 22.2 Å². The number of rotatable bonds is 6. The monoisotopic (exact) mass is 291 g/mol. The van der Waals surface area contributed by atoms with Gasteiger partial charge in [0.2, 0.25) is 0 Å². The first-order chi connectivity index (χ1) is 9.69. The Morgan fingerprint density at radius 2 is 2.00 bits per heavy atom. The van der Waals surface area contributed by atoms with Crippen LogP contribution in [0.4, 0.5) is 10.8 Å². The van der Waals surface area contributed by atoms with E-state index in [2.05, 4.69) is 17.1 Å². The predicted molar refractivity (Wildman–Crippen MR) is 85.3 cm³/mol. The first-order valence-electron chi connectivity index (χ1n) is 6.70. The van der Waals surface area contributed by atoms with Crippen molar-refractivity contribution < 1.29 is 4.74 Å². The number of nitrogens with zero attached hydrogens (tertiary/aromatic N) is 2. The fraction of sp³-hybridized carbons (Fsp3) is 0.400. The summed E-state index contributed by atoms with van der Waals surface area (Å²) in [4.78, 5) is 8.16. The van der Waals surface area contributed by atoms with Crippen LogP contribution in [-0.2, 0) is 13.0 Å². The lowest BCUT2D eigenvalue weighted by atomic mass is 10.3.